The van der Waals surface area contributed by atoms with Crippen LogP contribution in [0.3, 0.4) is 0 Å². The highest BCUT2D eigenvalue weighted by atomic mass is 35.5. The molecule has 0 atom stereocenters. The predicted octanol–water partition coefficient (Wildman–Crippen LogP) is 5.10. The van der Waals surface area contributed by atoms with Gasteiger partial charge in [0.05, 0.1) is 0 Å². The molecule has 0 spiro atoms. The lowest BCUT2D eigenvalue weighted by atomic mass is 9.93. The third-order valence-corrected chi connectivity index (χ3v) is 4.72. The summed E-state index contributed by atoms with van der Waals surface area (Å²) in [6.45, 7) is 4.07. The van der Waals surface area contributed by atoms with Gasteiger partial charge in [0, 0.05) is 12.7 Å². The van der Waals surface area contributed by atoms with Crippen LogP contribution < -0.4 is 0 Å². The molecule has 0 N–H and O–H groups in total. The molecule has 2 rings (SSSR count). The first-order valence-electron chi connectivity index (χ1n) is 7.29. The highest BCUT2D eigenvalue weighted by Gasteiger charge is 2.36. The Bertz CT molecular complexity index is 446. The summed E-state index contributed by atoms with van der Waals surface area (Å²) in [6.07, 6.45) is 6.57. The van der Waals surface area contributed by atoms with Crippen molar-refractivity contribution in [1.29, 1.82) is 0 Å². The van der Waals surface area contributed by atoms with Crippen molar-refractivity contribution < 1.29 is 4.74 Å². The molecular formula is C15H22Cl2N2O. The standard InChI is InChI=1S/C15H22Cl2N2O/c1-10(2)11-12(16)18-14(19-13(11)17)15(20-3)8-6-4-5-7-9-15/h10H,4-9H2,1-3H3. The molecular weight excluding hydrogens is 295 g/mol. The first kappa shape index (κ1) is 16.0. The SMILES string of the molecule is COC1(c2nc(Cl)c(C(C)C)c(Cl)n2)CCCCCC1. The summed E-state index contributed by atoms with van der Waals surface area (Å²) >= 11 is 12.6. The lowest BCUT2D eigenvalue weighted by Crippen LogP contribution is -2.30. The van der Waals surface area contributed by atoms with Gasteiger partial charge in [-0.25, -0.2) is 9.97 Å². The van der Waals surface area contributed by atoms with Gasteiger partial charge in [-0.2, -0.15) is 0 Å². The van der Waals surface area contributed by atoms with Gasteiger partial charge in [0.15, 0.2) is 5.82 Å². The fraction of sp³-hybridized carbons (Fsp3) is 0.733. The fourth-order valence-corrected chi connectivity index (χ4v) is 3.74. The zero-order valence-electron chi connectivity index (χ0n) is 12.4. The van der Waals surface area contributed by atoms with Crippen molar-refractivity contribution in [3.63, 3.8) is 0 Å². The van der Waals surface area contributed by atoms with Gasteiger partial charge in [-0.1, -0.05) is 62.7 Å². The van der Waals surface area contributed by atoms with E-state index in [0.29, 0.717) is 16.1 Å². The third kappa shape index (κ3) is 3.10. The van der Waals surface area contributed by atoms with E-state index in [1.165, 1.54) is 12.8 Å². The first-order chi connectivity index (χ1) is 9.50. The molecule has 0 unspecified atom stereocenters. The Morgan fingerprint density at radius 1 is 1.00 bits per heavy atom. The van der Waals surface area contributed by atoms with Crippen LogP contribution in [-0.2, 0) is 10.3 Å². The molecule has 1 saturated carbocycles. The summed E-state index contributed by atoms with van der Waals surface area (Å²) < 4.78 is 5.81. The summed E-state index contributed by atoms with van der Waals surface area (Å²) in [7, 11) is 1.73. The quantitative estimate of drug-likeness (QED) is 0.574. The minimum Gasteiger partial charge on any atom is -0.370 e. The Morgan fingerprint density at radius 2 is 1.50 bits per heavy atom. The topological polar surface area (TPSA) is 35.0 Å². The molecule has 1 aliphatic carbocycles. The normalized spacial score (nSPS) is 19.1. The van der Waals surface area contributed by atoms with Crippen molar-refractivity contribution in [2.24, 2.45) is 0 Å². The van der Waals surface area contributed by atoms with E-state index >= 15 is 0 Å². The van der Waals surface area contributed by atoms with Crippen molar-refractivity contribution in [2.45, 2.75) is 63.9 Å². The highest BCUT2D eigenvalue weighted by Crippen LogP contribution is 2.39. The van der Waals surface area contributed by atoms with E-state index in [0.717, 1.165) is 31.2 Å². The molecule has 0 aliphatic heterocycles. The van der Waals surface area contributed by atoms with Crippen LogP contribution in [0.2, 0.25) is 10.3 Å². The van der Waals surface area contributed by atoms with Crippen molar-refractivity contribution in [2.75, 3.05) is 7.11 Å². The van der Waals surface area contributed by atoms with Crippen molar-refractivity contribution >= 4 is 23.2 Å². The van der Waals surface area contributed by atoms with Gasteiger partial charge >= 0.3 is 0 Å². The minimum atomic E-state index is -0.431. The number of hydrogen-bond acceptors (Lipinski definition) is 3. The monoisotopic (exact) mass is 316 g/mol. The van der Waals surface area contributed by atoms with E-state index in [-0.39, 0.29) is 5.92 Å². The van der Waals surface area contributed by atoms with Crippen molar-refractivity contribution in [1.82, 2.24) is 9.97 Å². The van der Waals surface area contributed by atoms with Crippen LogP contribution in [0.4, 0.5) is 0 Å². The van der Waals surface area contributed by atoms with Gasteiger partial charge in [-0.05, 0) is 18.8 Å². The molecule has 3 nitrogen and oxygen atoms in total. The number of aromatic nitrogens is 2. The number of halogens is 2. The number of hydrogen-bond donors (Lipinski definition) is 0. The maximum Gasteiger partial charge on any atom is 0.163 e. The Morgan fingerprint density at radius 3 is 1.90 bits per heavy atom. The largest absolute Gasteiger partial charge is 0.370 e. The lowest BCUT2D eigenvalue weighted by molar-refractivity contribution is -0.0351. The van der Waals surface area contributed by atoms with Crippen LogP contribution in [0.1, 0.15) is 69.7 Å². The minimum absolute atomic E-state index is 0.205. The Balaban J connectivity index is 2.45. The molecule has 1 fully saturated rings. The molecule has 5 heteroatoms. The Kier molecular flexibility index (Phi) is 5.27. The van der Waals surface area contributed by atoms with Gasteiger partial charge < -0.3 is 4.74 Å². The fourth-order valence-electron chi connectivity index (χ4n) is 2.92. The maximum atomic E-state index is 6.32. The molecule has 1 aliphatic rings. The lowest BCUT2D eigenvalue weighted by Gasteiger charge is -2.30. The average Bonchev–Trinajstić information content (AvgIpc) is 2.63. The molecule has 20 heavy (non-hydrogen) atoms. The summed E-state index contributed by atoms with van der Waals surface area (Å²) in [4.78, 5) is 9.02. The van der Waals surface area contributed by atoms with Crippen LogP contribution in [-0.4, -0.2) is 17.1 Å². The van der Waals surface area contributed by atoms with Gasteiger partial charge in [0.2, 0.25) is 0 Å². The van der Waals surface area contributed by atoms with Gasteiger partial charge in [-0.3, -0.25) is 0 Å². The Hall–Kier alpha value is -0.380. The molecule has 112 valence electrons. The summed E-state index contributed by atoms with van der Waals surface area (Å²) in [5, 5.41) is 0.909. The average molecular weight is 317 g/mol. The molecule has 0 amide bonds. The van der Waals surface area contributed by atoms with Gasteiger partial charge in [-0.15, -0.1) is 0 Å². The zero-order chi connectivity index (χ0) is 14.8. The molecule has 0 bridgehead atoms. The maximum absolute atomic E-state index is 6.32. The van der Waals surface area contributed by atoms with Crippen LogP contribution in [0.25, 0.3) is 0 Å². The van der Waals surface area contributed by atoms with Crippen LogP contribution in [0.5, 0.6) is 0 Å². The number of nitrogens with zero attached hydrogens (tertiary/aromatic N) is 2. The van der Waals surface area contributed by atoms with E-state index in [1.807, 2.05) is 13.8 Å². The zero-order valence-corrected chi connectivity index (χ0v) is 13.9. The number of ether oxygens (including phenoxy) is 1. The third-order valence-electron chi connectivity index (χ3n) is 4.14. The summed E-state index contributed by atoms with van der Waals surface area (Å²) in [5.41, 5.74) is 0.385. The molecule has 1 aromatic rings. The summed E-state index contributed by atoms with van der Waals surface area (Å²) in [6, 6.07) is 0. The second-order valence-electron chi connectivity index (χ2n) is 5.81. The molecule has 0 radical (unpaired) electrons. The second kappa shape index (κ2) is 6.59. The number of rotatable bonds is 3. The molecule has 1 heterocycles. The van der Waals surface area contributed by atoms with E-state index < -0.39 is 5.60 Å². The smallest absolute Gasteiger partial charge is 0.163 e. The van der Waals surface area contributed by atoms with Crippen LogP contribution >= 0.6 is 23.2 Å². The first-order valence-corrected chi connectivity index (χ1v) is 8.04. The predicted molar refractivity (Wildman–Crippen MR) is 82.5 cm³/mol. The van der Waals surface area contributed by atoms with E-state index in [9.17, 15) is 0 Å². The van der Waals surface area contributed by atoms with Gasteiger partial charge in [0.1, 0.15) is 15.9 Å². The highest BCUT2D eigenvalue weighted by molar-refractivity contribution is 6.34. The van der Waals surface area contributed by atoms with Crippen LogP contribution in [0, 0.1) is 0 Å². The molecule has 1 aromatic heterocycles. The van der Waals surface area contributed by atoms with Gasteiger partial charge in [0.25, 0.3) is 0 Å². The van der Waals surface area contributed by atoms with Crippen LogP contribution in [0.15, 0.2) is 0 Å². The second-order valence-corrected chi connectivity index (χ2v) is 6.53. The molecule has 0 aromatic carbocycles. The summed E-state index contributed by atoms with van der Waals surface area (Å²) in [5.74, 6) is 0.845. The molecule has 0 saturated heterocycles. The van der Waals surface area contributed by atoms with E-state index in [4.69, 9.17) is 27.9 Å². The van der Waals surface area contributed by atoms with E-state index in [1.54, 1.807) is 7.11 Å². The van der Waals surface area contributed by atoms with Crippen molar-refractivity contribution in [3.05, 3.63) is 21.7 Å². The number of methoxy groups -OCH3 is 1. The van der Waals surface area contributed by atoms with E-state index in [2.05, 4.69) is 9.97 Å². The Labute approximate surface area is 131 Å². The van der Waals surface area contributed by atoms with Crippen molar-refractivity contribution in [3.8, 4) is 0 Å².